The second-order valence-electron chi connectivity index (χ2n) is 6.93. The van der Waals surface area contributed by atoms with Gasteiger partial charge in [0.25, 0.3) is 0 Å². The van der Waals surface area contributed by atoms with Crippen LogP contribution in [0.1, 0.15) is 24.8 Å². The van der Waals surface area contributed by atoms with E-state index in [1.54, 1.807) is 23.3 Å². The minimum absolute atomic E-state index is 0.0137. The smallest absolute Gasteiger partial charge is 0.228 e. The van der Waals surface area contributed by atoms with E-state index < -0.39 is 0 Å². The minimum atomic E-state index is -0.260. The Labute approximate surface area is 157 Å². The van der Waals surface area contributed by atoms with Crippen molar-refractivity contribution < 1.29 is 14.3 Å². The standard InChI is InChI=1S/C20H22N2O3S/c1-25-18-6-4-16(5-7-18)21-12-15(10-19(21)23)20(24)22(17-2-3-17)11-14-8-9-26-13-14/h4-9,13,15,17H,2-3,10-12H2,1H3. The molecule has 0 bridgehead atoms. The van der Waals surface area contributed by atoms with E-state index in [0.29, 0.717) is 19.1 Å². The molecular weight excluding hydrogens is 348 g/mol. The molecule has 2 aliphatic rings. The zero-order valence-electron chi connectivity index (χ0n) is 14.8. The highest BCUT2D eigenvalue weighted by molar-refractivity contribution is 7.07. The number of nitrogens with zero attached hydrogens (tertiary/aromatic N) is 2. The fourth-order valence-corrected chi connectivity index (χ4v) is 4.13. The first-order valence-electron chi connectivity index (χ1n) is 8.91. The second-order valence-corrected chi connectivity index (χ2v) is 7.71. The van der Waals surface area contributed by atoms with Crippen LogP contribution in [0.4, 0.5) is 5.69 Å². The third-order valence-corrected chi connectivity index (χ3v) is 5.79. The number of hydrogen-bond donors (Lipinski definition) is 0. The lowest BCUT2D eigenvalue weighted by Crippen LogP contribution is -2.38. The molecule has 2 fully saturated rings. The van der Waals surface area contributed by atoms with Crippen molar-refractivity contribution >= 4 is 28.8 Å². The third kappa shape index (κ3) is 3.46. The Kier molecular flexibility index (Phi) is 4.68. The van der Waals surface area contributed by atoms with Gasteiger partial charge < -0.3 is 14.5 Å². The van der Waals surface area contributed by atoms with Gasteiger partial charge in [0.15, 0.2) is 0 Å². The molecule has 4 rings (SSSR count). The summed E-state index contributed by atoms with van der Waals surface area (Å²) in [6.45, 7) is 1.11. The molecule has 136 valence electrons. The van der Waals surface area contributed by atoms with Gasteiger partial charge in [0.2, 0.25) is 11.8 Å². The topological polar surface area (TPSA) is 49.9 Å². The van der Waals surface area contributed by atoms with Crippen LogP contribution in [0.5, 0.6) is 5.75 Å². The number of thiophene rings is 1. The molecule has 1 saturated heterocycles. The molecule has 1 atom stereocenters. The van der Waals surface area contributed by atoms with Gasteiger partial charge >= 0.3 is 0 Å². The average Bonchev–Trinajstić information content (AvgIpc) is 3.23. The van der Waals surface area contributed by atoms with Gasteiger partial charge in [-0.25, -0.2) is 0 Å². The van der Waals surface area contributed by atoms with E-state index in [4.69, 9.17) is 4.74 Å². The highest BCUT2D eigenvalue weighted by Crippen LogP contribution is 2.33. The highest BCUT2D eigenvalue weighted by Gasteiger charge is 2.41. The lowest BCUT2D eigenvalue weighted by molar-refractivity contribution is -0.137. The van der Waals surface area contributed by atoms with Gasteiger partial charge in [0.1, 0.15) is 5.75 Å². The Morgan fingerprint density at radius 2 is 2.04 bits per heavy atom. The zero-order valence-corrected chi connectivity index (χ0v) is 15.6. The summed E-state index contributed by atoms with van der Waals surface area (Å²) in [5, 5.41) is 4.13. The van der Waals surface area contributed by atoms with E-state index in [1.165, 1.54) is 5.56 Å². The third-order valence-electron chi connectivity index (χ3n) is 5.06. The van der Waals surface area contributed by atoms with Crippen LogP contribution < -0.4 is 9.64 Å². The molecule has 1 saturated carbocycles. The van der Waals surface area contributed by atoms with Gasteiger partial charge in [-0.3, -0.25) is 9.59 Å². The first kappa shape index (κ1) is 17.1. The van der Waals surface area contributed by atoms with Crippen LogP contribution in [0, 0.1) is 5.92 Å². The number of benzene rings is 1. The molecule has 1 aliphatic carbocycles. The number of methoxy groups -OCH3 is 1. The molecule has 1 aromatic carbocycles. The molecule has 0 spiro atoms. The number of ether oxygens (including phenoxy) is 1. The fraction of sp³-hybridized carbons (Fsp3) is 0.400. The monoisotopic (exact) mass is 370 g/mol. The molecule has 2 heterocycles. The second kappa shape index (κ2) is 7.11. The fourth-order valence-electron chi connectivity index (χ4n) is 3.47. The molecule has 6 heteroatoms. The summed E-state index contributed by atoms with van der Waals surface area (Å²) in [6, 6.07) is 9.82. The summed E-state index contributed by atoms with van der Waals surface area (Å²) in [5.41, 5.74) is 1.99. The van der Waals surface area contributed by atoms with E-state index in [1.807, 2.05) is 34.5 Å². The van der Waals surface area contributed by atoms with Crippen LogP contribution in [0.3, 0.4) is 0 Å². The van der Waals surface area contributed by atoms with Crippen molar-refractivity contribution in [1.82, 2.24) is 4.90 Å². The maximum Gasteiger partial charge on any atom is 0.228 e. The van der Waals surface area contributed by atoms with E-state index >= 15 is 0 Å². The molecular formula is C20H22N2O3S. The summed E-state index contributed by atoms with van der Waals surface area (Å²) < 4.78 is 5.17. The molecule has 0 radical (unpaired) electrons. The van der Waals surface area contributed by atoms with Crippen LogP contribution in [-0.2, 0) is 16.1 Å². The number of carbonyl (C=O) groups excluding carboxylic acids is 2. The van der Waals surface area contributed by atoms with E-state index in [2.05, 4.69) is 11.4 Å². The molecule has 2 aromatic rings. The van der Waals surface area contributed by atoms with Gasteiger partial charge in [-0.05, 0) is 59.5 Å². The highest BCUT2D eigenvalue weighted by atomic mass is 32.1. The normalized spacial score (nSPS) is 19.7. The van der Waals surface area contributed by atoms with Crippen LogP contribution in [0.2, 0.25) is 0 Å². The summed E-state index contributed by atoms with van der Waals surface area (Å²) in [4.78, 5) is 29.3. The maximum absolute atomic E-state index is 13.1. The van der Waals surface area contributed by atoms with Crippen molar-refractivity contribution in [3.63, 3.8) is 0 Å². The van der Waals surface area contributed by atoms with Gasteiger partial charge in [0, 0.05) is 31.2 Å². The van der Waals surface area contributed by atoms with Crippen molar-refractivity contribution in [1.29, 1.82) is 0 Å². The van der Waals surface area contributed by atoms with Crippen molar-refractivity contribution in [3.8, 4) is 5.75 Å². The summed E-state index contributed by atoms with van der Waals surface area (Å²) in [5.74, 6) is 0.621. The van der Waals surface area contributed by atoms with Crippen molar-refractivity contribution in [2.45, 2.75) is 31.8 Å². The predicted octanol–water partition coefficient (Wildman–Crippen LogP) is 3.30. The van der Waals surface area contributed by atoms with Gasteiger partial charge in [-0.15, -0.1) is 0 Å². The van der Waals surface area contributed by atoms with E-state index in [0.717, 1.165) is 24.3 Å². The van der Waals surface area contributed by atoms with Gasteiger partial charge in [-0.1, -0.05) is 0 Å². The number of hydrogen-bond acceptors (Lipinski definition) is 4. The van der Waals surface area contributed by atoms with E-state index in [9.17, 15) is 9.59 Å². The number of carbonyl (C=O) groups is 2. The van der Waals surface area contributed by atoms with Gasteiger partial charge in [-0.2, -0.15) is 11.3 Å². The Balaban J connectivity index is 1.47. The first-order chi connectivity index (χ1) is 12.7. The van der Waals surface area contributed by atoms with Crippen molar-refractivity contribution in [2.75, 3.05) is 18.6 Å². The lowest BCUT2D eigenvalue weighted by atomic mass is 10.1. The molecule has 5 nitrogen and oxygen atoms in total. The molecule has 26 heavy (non-hydrogen) atoms. The Bertz CT molecular complexity index is 784. The first-order valence-corrected chi connectivity index (χ1v) is 9.86. The number of anilines is 1. The van der Waals surface area contributed by atoms with Crippen LogP contribution in [0.25, 0.3) is 0 Å². The number of amides is 2. The molecule has 1 aliphatic heterocycles. The molecule has 0 N–H and O–H groups in total. The van der Waals surface area contributed by atoms with Crippen LogP contribution in [-0.4, -0.2) is 36.4 Å². The summed E-state index contributed by atoms with van der Waals surface area (Å²) >= 11 is 1.65. The Hall–Kier alpha value is -2.34. The predicted molar refractivity (Wildman–Crippen MR) is 101 cm³/mol. The van der Waals surface area contributed by atoms with Gasteiger partial charge in [0.05, 0.1) is 13.0 Å². The summed E-state index contributed by atoms with van der Waals surface area (Å²) in [6.07, 6.45) is 2.43. The molecule has 2 amide bonds. The largest absolute Gasteiger partial charge is 0.497 e. The quantitative estimate of drug-likeness (QED) is 0.784. The minimum Gasteiger partial charge on any atom is -0.497 e. The van der Waals surface area contributed by atoms with Crippen LogP contribution >= 0.6 is 11.3 Å². The number of rotatable bonds is 6. The maximum atomic E-state index is 13.1. The van der Waals surface area contributed by atoms with Crippen LogP contribution in [0.15, 0.2) is 41.1 Å². The lowest BCUT2D eigenvalue weighted by Gasteiger charge is -2.25. The summed E-state index contributed by atoms with van der Waals surface area (Å²) in [7, 11) is 1.62. The van der Waals surface area contributed by atoms with E-state index in [-0.39, 0.29) is 24.2 Å². The van der Waals surface area contributed by atoms with Crippen molar-refractivity contribution in [3.05, 3.63) is 46.7 Å². The Morgan fingerprint density at radius 1 is 1.27 bits per heavy atom. The zero-order chi connectivity index (χ0) is 18.1. The molecule has 1 unspecified atom stereocenters. The molecule has 1 aromatic heterocycles. The Morgan fingerprint density at radius 3 is 2.65 bits per heavy atom. The average molecular weight is 370 g/mol. The SMILES string of the molecule is COc1ccc(N2CC(C(=O)N(Cc3ccsc3)C3CC3)CC2=O)cc1. The van der Waals surface area contributed by atoms with Crippen molar-refractivity contribution in [2.24, 2.45) is 5.92 Å².